The molecule has 3 rings (SSSR count). The molecule has 8 heteroatoms. The van der Waals surface area contributed by atoms with Gasteiger partial charge in [0.1, 0.15) is 0 Å². The minimum Gasteiger partial charge on any atom is -0.325 e. The number of hydrogen-bond acceptors (Lipinski definition) is 4. The van der Waals surface area contributed by atoms with Gasteiger partial charge in [-0.15, -0.1) is 11.3 Å². The van der Waals surface area contributed by atoms with Crippen LogP contribution in [0.4, 0.5) is 17.1 Å². The Kier molecular flexibility index (Phi) is 6.08. The first-order valence-corrected chi connectivity index (χ1v) is 9.51. The molecule has 0 unspecified atom stereocenters. The Hall–Kier alpha value is -3.16. The highest BCUT2D eigenvalue weighted by Gasteiger charge is 2.12. The average molecular weight is 414 g/mol. The van der Waals surface area contributed by atoms with Gasteiger partial charge in [-0.1, -0.05) is 17.7 Å². The van der Waals surface area contributed by atoms with Crippen molar-refractivity contribution in [2.24, 2.45) is 0 Å². The van der Waals surface area contributed by atoms with Gasteiger partial charge >= 0.3 is 0 Å². The summed E-state index contributed by atoms with van der Waals surface area (Å²) in [5.74, 6) is -0.834. The first-order chi connectivity index (χ1) is 13.4. The molecular weight excluding hydrogens is 398 g/mol. The molecule has 3 amide bonds. The van der Waals surface area contributed by atoms with E-state index >= 15 is 0 Å². The zero-order valence-corrected chi connectivity index (χ0v) is 16.4. The Morgan fingerprint density at radius 3 is 2.25 bits per heavy atom. The predicted octanol–water partition coefficient (Wildman–Crippen LogP) is 4.86. The van der Waals surface area contributed by atoms with E-state index in [1.54, 1.807) is 54.6 Å². The number of halogens is 1. The molecular formula is C20H16ClN3O3S. The van der Waals surface area contributed by atoms with Crippen LogP contribution in [0.2, 0.25) is 5.02 Å². The van der Waals surface area contributed by atoms with Gasteiger partial charge in [0.2, 0.25) is 5.91 Å². The summed E-state index contributed by atoms with van der Waals surface area (Å²) >= 11 is 7.34. The molecule has 0 atom stereocenters. The van der Waals surface area contributed by atoms with Crippen molar-refractivity contribution in [3.05, 3.63) is 75.4 Å². The van der Waals surface area contributed by atoms with Gasteiger partial charge in [0.25, 0.3) is 11.8 Å². The van der Waals surface area contributed by atoms with E-state index in [1.807, 2.05) is 5.38 Å². The summed E-state index contributed by atoms with van der Waals surface area (Å²) in [6.45, 7) is 1.38. The molecule has 0 fully saturated rings. The quantitative estimate of drug-likeness (QED) is 0.558. The van der Waals surface area contributed by atoms with Gasteiger partial charge in [0.05, 0.1) is 16.3 Å². The summed E-state index contributed by atoms with van der Waals surface area (Å²) in [5, 5.41) is 10.4. The van der Waals surface area contributed by atoms with Crippen molar-refractivity contribution >= 4 is 57.7 Å². The van der Waals surface area contributed by atoms with E-state index in [4.69, 9.17) is 11.6 Å². The lowest BCUT2D eigenvalue weighted by Gasteiger charge is -2.12. The van der Waals surface area contributed by atoms with E-state index in [-0.39, 0.29) is 17.7 Å². The average Bonchev–Trinajstić information content (AvgIpc) is 3.19. The molecule has 6 nitrogen and oxygen atoms in total. The largest absolute Gasteiger partial charge is 0.325 e. The van der Waals surface area contributed by atoms with Crippen molar-refractivity contribution in [2.45, 2.75) is 6.92 Å². The summed E-state index contributed by atoms with van der Waals surface area (Å²) < 4.78 is 0. The maximum atomic E-state index is 12.5. The first-order valence-electron chi connectivity index (χ1n) is 8.26. The lowest BCUT2D eigenvalue weighted by Crippen LogP contribution is -2.15. The lowest BCUT2D eigenvalue weighted by molar-refractivity contribution is -0.114. The van der Waals surface area contributed by atoms with Crippen molar-refractivity contribution < 1.29 is 14.4 Å². The summed E-state index contributed by atoms with van der Waals surface area (Å²) in [5.41, 5.74) is 1.81. The van der Waals surface area contributed by atoms with E-state index in [9.17, 15) is 14.4 Å². The Balaban J connectivity index is 1.71. The SMILES string of the molecule is CC(=O)Nc1ccc(Cl)cc1NC(=O)c1ccc(NC(=O)c2cccs2)cc1. The van der Waals surface area contributed by atoms with Crippen LogP contribution >= 0.6 is 22.9 Å². The van der Waals surface area contributed by atoms with Crippen LogP contribution in [0, 0.1) is 0 Å². The monoisotopic (exact) mass is 413 g/mol. The van der Waals surface area contributed by atoms with Crippen LogP contribution in [0.1, 0.15) is 27.0 Å². The number of nitrogens with one attached hydrogen (secondary N) is 3. The number of benzene rings is 2. The van der Waals surface area contributed by atoms with E-state index < -0.39 is 0 Å². The number of anilines is 3. The molecule has 0 spiro atoms. The van der Waals surface area contributed by atoms with Crippen molar-refractivity contribution in [3.63, 3.8) is 0 Å². The zero-order chi connectivity index (χ0) is 20.1. The topological polar surface area (TPSA) is 87.3 Å². The lowest BCUT2D eigenvalue weighted by atomic mass is 10.1. The van der Waals surface area contributed by atoms with Crippen molar-refractivity contribution in [1.82, 2.24) is 0 Å². The number of carbonyl (C=O) groups is 3. The summed E-state index contributed by atoms with van der Waals surface area (Å²) in [4.78, 5) is 36.5. The zero-order valence-electron chi connectivity index (χ0n) is 14.8. The molecule has 3 N–H and O–H groups in total. The van der Waals surface area contributed by atoms with Gasteiger partial charge in [-0.25, -0.2) is 0 Å². The molecule has 1 heterocycles. The third-order valence-corrected chi connectivity index (χ3v) is 4.79. The highest BCUT2D eigenvalue weighted by atomic mass is 35.5. The summed E-state index contributed by atoms with van der Waals surface area (Å²) in [6.07, 6.45) is 0. The molecule has 0 saturated heterocycles. The third-order valence-electron chi connectivity index (χ3n) is 3.69. The van der Waals surface area contributed by atoms with Crippen molar-refractivity contribution in [1.29, 1.82) is 0 Å². The Labute approximate surface area is 170 Å². The van der Waals surface area contributed by atoms with Crippen LogP contribution in [0.15, 0.2) is 60.0 Å². The smallest absolute Gasteiger partial charge is 0.265 e. The molecule has 28 heavy (non-hydrogen) atoms. The third kappa shape index (κ3) is 4.97. The summed E-state index contributed by atoms with van der Waals surface area (Å²) in [6, 6.07) is 14.8. The molecule has 0 aliphatic rings. The van der Waals surface area contributed by atoms with Gasteiger partial charge < -0.3 is 16.0 Å². The van der Waals surface area contributed by atoms with Gasteiger partial charge in [0, 0.05) is 23.2 Å². The van der Waals surface area contributed by atoms with Crippen LogP contribution in [0.25, 0.3) is 0 Å². The molecule has 142 valence electrons. The Morgan fingerprint density at radius 1 is 0.857 bits per heavy atom. The molecule has 0 saturated carbocycles. The van der Waals surface area contributed by atoms with Gasteiger partial charge in [-0.2, -0.15) is 0 Å². The highest BCUT2D eigenvalue weighted by Crippen LogP contribution is 2.26. The maximum absolute atomic E-state index is 12.5. The van der Waals surface area contributed by atoms with Gasteiger partial charge in [-0.05, 0) is 53.9 Å². The van der Waals surface area contributed by atoms with E-state index in [0.29, 0.717) is 32.5 Å². The van der Waals surface area contributed by atoms with Crippen LogP contribution in [-0.4, -0.2) is 17.7 Å². The normalized spacial score (nSPS) is 10.2. The first kappa shape index (κ1) is 19.6. The number of rotatable bonds is 5. The molecule has 1 aromatic heterocycles. The standard InChI is InChI=1S/C20H16ClN3O3S/c1-12(25)22-16-9-6-14(21)11-17(16)24-19(26)13-4-7-15(8-5-13)23-20(27)18-3-2-10-28-18/h2-11H,1H3,(H,22,25)(H,23,27)(H,24,26). The second-order valence-electron chi connectivity index (χ2n) is 5.83. The van der Waals surface area contributed by atoms with E-state index in [2.05, 4.69) is 16.0 Å². The minimum absolute atomic E-state index is 0.203. The molecule has 3 aromatic rings. The van der Waals surface area contributed by atoms with E-state index in [1.165, 1.54) is 18.3 Å². The van der Waals surface area contributed by atoms with E-state index in [0.717, 1.165) is 0 Å². The Bertz CT molecular complexity index is 1020. The number of amides is 3. The second-order valence-corrected chi connectivity index (χ2v) is 7.22. The predicted molar refractivity (Wildman–Crippen MR) is 112 cm³/mol. The van der Waals surface area contributed by atoms with Gasteiger partial charge in [0.15, 0.2) is 0 Å². The highest BCUT2D eigenvalue weighted by molar-refractivity contribution is 7.12. The fraction of sp³-hybridized carbons (Fsp3) is 0.0500. The molecule has 0 aliphatic heterocycles. The van der Waals surface area contributed by atoms with Crippen LogP contribution in [0.5, 0.6) is 0 Å². The van der Waals surface area contributed by atoms with Crippen molar-refractivity contribution in [3.8, 4) is 0 Å². The van der Waals surface area contributed by atoms with Crippen LogP contribution in [0.3, 0.4) is 0 Å². The second kappa shape index (κ2) is 8.69. The summed E-state index contributed by atoms with van der Waals surface area (Å²) in [7, 11) is 0. The Morgan fingerprint density at radius 2 is 1.61 bits per heavy atom. The molecule has 0 radical (unpaired) electrons. The number of hydrogen-bond donors (Lipinski definition) is 3. The van der Waals surface area contributed by atoms with Gasteiger partial charge in [-0.3, -0.25) is 14.4 Å². The molecule has 0 bridgehead atoms. The fourth-order valence-corrected chi connectivity index (χ4v) is 3.21. The maximum Gasteiger partial charge on any atom is 0.265 e. The molecule has 0 aliphatic carbocycles. The van der Waals surface area contributed by atoms with Crippen molar-refractivity contribution in [2.75, 3.05) is 16.0 Å². The molecule has 2 aromatic carbocycles. The van der Waals surface area contributed by atoms with Crippen LogP contribution in [-0.2, 0) is 4.79 Å². The fourth-order valence-electron chi connectivity index (χ4n) is 2.42. The number of thiophene rings is 1. The minimum atomic E-state index is -0.370. The number of carbonyl (C=O) groups excluding carboxylic acids is 3. The van der Waals surface area contributed by atoms with Crippen LogP contribution < -0.4 is 16.0 Å².